The van der Waals surface area contributed by atoms with Gasteiger partial charge in [0.15, 0.2) is 10.9 Å². The number of carbonyl (C=O) groups is 2. The molecular weight excluding hydrogens is 228 g/mol. The number of nitrogens with zero attached hydrogens (tertiary/aromatic N) is 1. The van der Waals surface area contributed by atoms with Crippen LogP contribution in [0.4, 0.5) is 0 Å². The first kappa shape index (κ1) is 10.9. The number of aliphatic imine (C=N–C) groups is 1. The van der Waals surface area contributed by atoms with Crippen LogP contribution >= 0.6 is 11.8 Å². The van der Waals surface area contributed by atoms with E-state index in [9.17, 15) is 9.59 Å². The molecule has 6 heteroatoms. The van der Waals surface area contributed by atoms with Crippen LogP contribution in [-0.4, -0.2) is 22.2 Å². The molecule has 0 saturated carbocycles. The molecule has 1 aliphatic heterocycles. The minimum Gasteiger partial charge on any atom is -0.460 e. The van der Waals surface area contributed by atoms with Gasteiger partial charge in [0.1, 0.15) is 0 Å². The van der Waals surface area contributed by atoms with Crippen LogP contribution in [0, 0.1) is 0 Å². The van der Waals surface area contributed by atoms with E-state index in [1.807, 2.05) is 6.92 Å². The Morgan fingerprint density at radius 3 is 3.12 bits per heavy atom. The number of nitrogens with one attached hydrogen (secondary N) is 1. The van der Waals surface area contributed by atoms with Crippen LogP contribution in [0.25, 0.3) is 0 Å². The second-order valence-corrected chi connectivity index (χ2v) is 4.36. The van der Waals surface area contributed by atoms with Crippen molar-refractivity contribution in [3.63, 3.8) is 0 Å². The van der Waals surface area contributed by atoms with Crippen LogP contribution in [0.15, 0.2) is 27.8 Å². The molecule has 16 heavy (non-hydrogen) atoms. The molecule has 0 aliphatic carbocycles. The molecule has 84 valence electrons. The Labute approximate surface area is 96.3 Å². The van der Waals surface area contributed by atoms with Crippen molar-refractivity contribution in [1.82, 2.24) is 5.32 Å². The number of rotatable bonds is 1. The number of thioether (sulfide) groups is 1. The number of amidine groups is 1. The van der Waals surface area contributed by atoms with E-state index >= 15 is 0 Å². The van der Waals surface area contributed by atoms with Gasteiger partial charge in [0.25, 0.3) is 5.12 Å². The van der Waals surface area contributed by atoms with Gasteiger partial charge in [0.2, 0.25) is 5.91 Å². The number of carbonyl (C=O) groups excluding carboxylic acids is 2. The van der Waals surface area contributed by atoms with Gasteiger partial charge in [-0.3, -0.25) is 14.6 Å². The van der Waals surface area contributed by atoms with Crippen LogP contribution in [0.2, 0.25) is 0 Å². The van der Waals surface area contributed by atoms with Gasteiger partial charge in [-0.05, 0) is 30.8 Å². The van der Waals surface area contributed by atoms with Crippen molar-refractivity contribution in [2.45, 2.75) is 19.4 Å². The van der Waals surface area contributed by atoms with Crippen molar-refractivity contribution in [1.29, 1.82) is 0 Å². The SMILES string of the molecule is C[C@H]1CC(=O)NC(SC(=O)c2ccco2)=N1. The summed E-state index contributed by atoms with van der Waals surface area (Å²) in [6, 6.07) is 3.13. The zero-order valence-electron chi connectivity index (χ0n) is 8.60. The van der Waals surface area contributed by atoms with E-state index in [4.69, 9.17) is 4.42 Å². The molecule has 1 atom stereocenters. The van der Waals surface area contributed by atoms with E-state index in [2.05, 4.69) is 10.3 Å². The van der Waals surface area contributed by atoms with E-state index < -0.39 is 0 Å². The van der Waals surface area contributed by atoms with E-state index in [0.29, 0.717) is 11.6 Å². The van der Waals surface area contributed by atoms with Crippen molar-refractivity contribution >= 4 is 28.0 Å². The lowest BCUT2D eigenvalue weighted by Crippen LogP contribution is -2.36. The lowest BCUT2D eigenvalue weighted by molar-refractivity contribution is -0.120. The topological polar surface area (TPSA) is 71.7 Å². The first-order chi connectivity index (χ1) is 7.65. The lowest BCUT2D eigenvalue weighted by atomic mass is 10.2. The van der Waals surface area contributed by atoms with Gasteiger partial charge in [-0.15, -0.1) is 0 Å². The second kappa shape index (κ2) is 4.52. The molecule has 0 fully saturated rings. The zero-order valence-corrected chi connectivity index (χ0v) is 9.41. The van der Waals surface area contributed by atoms with Crippen LogP contribution in [0.1, 0.15) is 23.9 Å². The molecule has 5 nitrogen and oxygen atoms in total. The van der Waals surface area contributed by atoms with Crippen molar-refractivity contribution in [2.24, 2.45) is 4.99 Å². The molecule has 1 amide bonds. The predicted octanol–water partition coefficient (Wildman–Crippen LogP) is 1.42. The van der Waals surface area contributed by atoms with Gasteiger partial charge in [-0.1, -0.05) is 0 Å². The Kier molecular flexibility index (Phi) is 3.09. The molecule has 0 spiro atoms. The fourth-order valence-corrected chi connectivity index (χ4v) is 2.09. The van der Waals surface area contributed by atoms with Gasteiger partial charge in [0.05, 0.1) is 12.3 Å². The summed E-state index contributed by atoms with van der Waals surface area (Å²) in [5, 5.41) is 2.62. The van der Waals surface area contributed by atoms with E-state index in [-0.39, 0.29) is 22.8 Å². The molecule has 0 bridgehead atoms. The third-order valence-electron chi connectivity index (χ3n) is 1.98. The van der Waals surface area contributed by atoms with Gasteiger partial charge < -0.3 is 9.73 Å². The lowest BCUT2D eigenvalue weighted by Gasteiger charge is -2.16. The van der Waals surface area contributed by atoms with Crippen molar-refractivity contribution < 1.29 is 14.0 Å². The molecular formula is C10H10N2O3S. The molecule has 0 saturated heterocycles. The minimum atomic E-state index is -0.266. The Morgan fingerprint density at radius 1 is 1.69 bits per heavy atom. The maximum Gasteiger partial charge on any atom is 0.262 e. The normalized spacial score (nSPS) is 20.2. The fraction of sp³-hybridized carbons (Fsp3) is 0.300. The summed E-state index contributed by atoms with van der Waals surface area (Å²) in [5.74, 6) is 0.137. The van der Waals surface area contributed by atoms with Crippen LogP contribution < -0.4 is 5.32 Å². The predicted molar refractivity (Wildman–Crippen MR) is 60.3 cm³/mol. The molecule has 0 radical (unpaired) electrons. The number of amides is 1. The summed E-state index contributed by atoms with van der Waals surface area (Å²) in [5.41, 5.74) is 0. The van der Waals surface area contributed by atoms with Crippen LogP contribution in [0.3, 0.4) is 0 Å². The Bertz CT molecular complexity index is 439. The summed E-state index contributed by atoms with van der Waals surface area (Å²) in [6.45, 7) is 1.83. The molecule has 1 N–H and O–H groups in total. The summed E-state index contributed by atoms with van der Waals surface area (Å²) >= 11 is 0.871. The van der Waals surface area contributed by atoms with Gasteiger partial charge in [-0.2, -0.15) is 0 Å². The van der Waals surface area contributed by atoms with Crippen LogP contribution in [-0.2, 0) is 4.79 Å². The quantitative estimate of drug-likeness (QED) is 0.803. The summed E-state index contributed by atoms with van der Waals surface area (Å²) in [6.07, 6.45) is 1.79. The highest BCUT2D eigenvalue weighted by Gasteiger charge is 2.21. The summed E-state index contributed by atoms with van der Waals surface area (Å²) in [7, 11) is 0. The summed E-state index contributed by atoms with van der Waals surface area (Å²) in [4.78, 5) is 27.0. The fourth-order valence-electron chi connectivity index (χ4n) is 1.30. The largest absolute Gasteiger partial charge is 0.460 e. The van der Waals surface area contributed by atoms with Crippen LogP contribution in [0.5, 0.6) is 0 Å². The molecule has 1 aliphatic rings. The Balaban J connectivity index is 2.05. The highest BCUT2D eigenvalue weighted by molar-refractivity contribution is 8.26. The van der Waals surface area contributed by atoms with Crippen molar-refractivity contribution in [3.05, 3.63) is 24.2 Å². The summed E-state index contributed by atoms with van der Waals surface area (Å²) < 4.78 is 4.95. The van der Waals surface area contributed by atoms with E-state index in [1.54, 1.807) is 12.1 Å². The third-order valence-corrected chi connectivity index (χ3v) is 2.76. The second-order valence-electron chi connectivity index (χ2n) is 3.40. The molecule has 0 unspecified atom stereocenters. The maximum absolute atomic E-state index is 11.6. The first-order valence-corrected chi connectivity index (χ1v) is 5.60. The number of hydrogen-bond acceptors (Lipinski definition) is 5. The van der Waals surface area contributed by atoms with E-state index in [1.165, 1.54) is 6.26 Å². The highest BCUT2D eigenvalue weighted by atomic mass is 32.2. The van der Waals surface area contributed by atoms with Crippen molar-refractivity contribution in [3.8, 4) is 0 Å². The molecule has 2 rings (SSSR count). The average Bonchev–Trinajstić information content (AvgIpc) is 2.68. The molecule has 1 aromatic rings. The van der Waals surface area contributed by atoms with Gasteiger partial charge >= 0.3 is 0 Å². The average molecular weight is 238 g/mol. The highest BCUT2D eigenvalue weighted by Crippen LogP contribution is 2.16. The van der Waals surface area contributed by atoms with Gasteiger partial charge in [-0.25, -0.2) is 0 Å². The monoisotopic (exact) mass is 238 g/mol. The maximum atomic E-state index is 11.6. The molecule has 1 aromatic heterocycles. The third kappa shape index (κ3) is 2.52. The number of furan rings is 1. The Morgan fingerprint density at radius 2 is 2.50 bits per heavy atom. The Hall–Kier alpha value is -1.56. The molecule has 2 heterocycles. The first-order valence-electron chi connectivity index (χ1n) is 4.78. The van der Waals surface area contributed by atoms with Crippen molar-refractivity contribution in [2.75, 3.05) is 0 Å². The van der Waals surface area contributed by atoms with E-state index in [0.717, 1.165) is 11.8 Å². The minimum absolute atomic E-state index is 0.0827. The molecule has 0 aromatic carbocycles. The standard InChI is InChI=1S/C10H10N2O3S/c1-6-5-8(13)12-10(11-6)16-9(14)7-3-2-4-15-7/h2-4,6H,5H2,1H3,(H,11,12,13)/t6-/m0/s1. The zero-order chi connectivity index (χ0) is 11.5. The number of hydrogen-bond donors (Lipinski definition) is 1. The van der Waals surface area contributed by atoms with Gasteiger partial charge in [0, 0.05) is 6.42 Å². The smallest absolute Gasteiger partial charge is 0.262 e.